The molecular weight excluding hydrogens is 1680 g/mol. The van der Waals surface area contributed by atoms with Gasteiger partial charge in [0.1, 0.15) is 11.5 Å². The Morgan fingerprint density at radius 3 is 1.00 bits per heavy atom. The molecule has 0 unspecified atom stereocenters. The molecule has 15 rings (SSSR count). The van der Waals surface area contributed by atoms with Crippen molar-refractivity contribution in [1.82, 2.24) is 0 Å². The van der Waals surface area contributed by atoms with Crippen LogP contribution in [-0.2, 0) is 61.7 Å². The maximum Gasteiger partial charge on any atom is 0.234 e. The minimum Gasteiger partial charge on any atom is -0.469 e. The highest BCUT2D eigenvalue weighted by Gasteiger charge is 2.39. The van der Waals surface area contributed by atoms with Gasteiger partial charge in [0.2, 0.25) is 5.91 Å². The molecule has 8 aromatic carbocycles. The smallest absolute Gasteiger partial charge is 0.234 e. The number of Topliss-reactive ketones (excluding diaryl/α,β-unsaturated/α-hetero) is 1. The lowest BCUT2D eigenvalue weighted by Crippen LogP contribution is -2.29. The summed E-state index contributed by atoms with van der Waals surface area (Å²) in [5, 5.41) is 2.85. The lowest BCUT2D eigenvalue weighted by molar-refractivity contribution is -0.119. The number of furan rings is 1. The average molecular weight is 1890 g/mol. The zero-order valence-electron chi connectivity index (χ0n) is 96.4. The van der Waals surface area contributed by atoms with Crippen molar-refractivity contribution in [3.63, 3.8) is 0 Å². The molecular formula is C131H209NO4Si. The molecule has 6 aliphatic rings. The molecule has 4 fully saturated rings. The number of para-hydroxylation sites is 1. The summed E-state index contributed by atoms with van der Waals surface area (Å²) in [4.78, 5) is 20.9. The van der Waals surface area contributed by atoms with Crippen LogP contribution in [0.3, 0.4) is 0 Å². The van der Waals surface area contributed by atoms with Crippen molar-refractivity contribution in [2.45, 2.75) is 444 Å². The molecule has 4 saturated carbocycles. The SMILES string of the molecule is CC(C)(C)c1ccc(C(C)(C)C)cc1.CC(C)=O.CC(C)C1CCC(C)(C)CC1.CC(C)c1ccco1.CC1(C)C(=O)Nc2ccccc21.CC1(C)CCC(C(C)(C)C)CC1.CC1(C)CCCC1.CC1(C)CCCCC1.CC1(C)c2ccccc2-c2ccccc21.CCCC.CCc1ccc(CC)cc1.CCc1cccc(CC)c1.COC.C[Si](C)(C)C.Cc1ccc(-c2ccc(C)cc2)cc1. The van der Waals surface area contributed by atoms with E-state index in [-0.39, 0.29) is 33.4 Å². The first kappa shape index (κ1) is 127. The topological polar surface area (TPSA) is 68.5 Å². The van der Waals surface area contributed by atoms with Crippen LogP contribution in [0, 0.1) is 58.7 Å². The first-order valence-electron chi connectivity index (χ1n) is 53.5. The summed E-state index contributed by atoms with van der Waals surface area (Å²) in [5.74, 6) is 4.72. The van der Waals surface area contributed by atoms with Crippen LogP contribution in [0.1, 0.15) is 423 Å². The van der Waals surface area contributed by atoms with Gasteiger partial charge in [0.25, 0.3) is 0 Å². The number of ketones is 1. The van der Waals surface area contributed by atoms with Gasteiger partial charge in [0.05, 0.1) is 11.7 Å². The van der Waals surface area contributed by atoms with Gasteiger partial charge < -0.3 is 19.3 Å². The Hall–Kier alpha value is -7.64. The van der Waals surface area contributed by atoms with E-state index in [4.69, 9.17) is 4.42 Å². The predicted molar refractivity (Wildman–Crippen MR) is 614 cm³/mol. The molecule has 0 radical (unpaired) electrons. The number of ether oxygens (including phenoxy) is 1. The first-order chi connectivity index (χ1) is 63.6. The molecule has 1 N–H and O–H groups in total. The third-order valence-electron chi connectivity index (χ3n) is 27.3. The largest absolute Gasteiger partial charge is 0.469 e. The van der Waals surface area contributed by atoms with Crippen molar-refractivity contribution < 1.29 is 18.7 Å². The number of aryl methyl sites for hydroxylation is 6. The Balaban J connectivity index is 0.000000745. The molecule has 0 atom stereocenters. The summed E-state index contributed by atoms with van der Waals surface area (Å²) in [6.45, 7) is 86.9. The van der Waals surface area contributed by atoms with Gasteiger partial charge in [-0.05, 0) is 290 Å². The lowest BCUT2D eigenvalue weighted by Gasteiger charge is -2.40. The average Bonchev–Trinajstić information content (AvgIpc) is 1.59. The van der Waals surface area contributed by atoms with E-state index in [2.05, 4.69) is 421 Å². The van der Waals surface area contributed by atoms with Crippen molar-refractivity contribution in [3.05, 3.63) is 279 Å². The van der Waals surface area contributed by atoms with Crippen molar-refractivity contribution in [2.24, 2.45) is 44.8 Å². The first-order valence-corrected chi connectivity index (χ1v) is 57.5. The number of nitrogens with one attached hydrogen (secondary N) is 1. The van der Waals surface area contributed by atoms with Crippen molar-refractivity contribution in [2.75, 3.05) is 19.5 Å². The number of methoxy groups -OCH3 is 1. The Bertz CT molecular complexity index is 4450. The predicted octanol–water partition coefficient (Wildman–Crippen LogP) is 40.5. The minimum absolute atomic E-state index is 0.0868. The summed E-state index contributed by atoms with van der Waals surface area (Å²) in [6, 6.07) is 73.0. The van der Waals surface area contributed by atoms with E-state index in [9.17, 15) is 9.59 Å². The minimum atomic E-state index is -0.611. The summed E-state index contributed by atoms with van der Waals surface area (Å²) >= 11 is 0. The zero-order valence-corrected chi connectivity index (χ0v) is 97.4. The molecule has 766 valence electrons. The van der Waals surface area contributed by atoms with Gasteiger partial charge in [-0.2, -0.15) is 0 Å². The van der Waals surface area contributed by atoms with Crippen molar-refractivity contribution in [3.8, 4) is 22.3 Å². The fourth-order valence-electron chi connectivity index (χ4n) is 17.1. The van der Waals surface area contributed by atoms with Gasteiger partial charge >= 0.3 is 0 Å². The number of anilines is 1. The maximum atomic E-state index is 11.4. The maximum absolute atomic E-state index is 11.4. The van der Waals surface area contributed by atoms with Crippen LogP contribution < -0.4 is 5.32 Å². The molecule has 0 spiro atoms. The van der Waals surface area contributed by atoms with Gasteiger partial charge in [0, 0.05) is 39.3 Å². The summed E-state index contributed by atoms with van der Waals surface area (Å²) in [5.41, 5.74) is 25.0. The fraction of sp³-hybridized carbons (Fsp3) is 0.588. The van der Waals surface area contributed by atoms with Crippen LogP contribution in [0.5, 0.6) is 0 Å². The molecule has 1 amide bonds. The Labute approximate surface area is 848 Å². The molecule has 6 heteroatoms. The van der Waals surface area contributed by atoms with Gasteiger partial charge in [0.15, 0.2) is 0 Å². The highest BCUT2D eigenvalue weighted by atomic mass is 28.3. The fourth-order valence-corrected chi connectivity index (χ4v) is 17.1. The van der Waals surface area contributed by atoms with E-state index < -0.39 is 8.07 Å². The number of benzene rings is 8. The zero-order chi connectivity index (χ0) is 104. The molecule has 1 aliphatic heterocycles. The number of fused-ring (bicyclic) bond motifs is 4. The molecule has 9 aromatic rings. The van der Waals surface area contributed by atoms with Gasteiger partial charge in [-0.25, -0.2) is 0 Å². The lowest BCUT2D eigenvalue weighted by atomic mass is 9.65. The molecule has 0 saturated heterocycles. The summed E-state index contributed by atoms with van der Waals surface area (Å²) in [7, 11) is 2.64. The van der Waals surface area contributed by atoms with Gasteiger partial charge in [-0.15, -0.1) is 0 Å². The molecule has 137 heavy (non-hydrogen) atoms. The van der Waals surface area contributed by atoms with Crippen molar-refractivity contribution >= 4 is 25.5 Å². The van der Waals surface area contributed by atoms with Crippen LogP contribution in [0.25, 0.3) is 22.3 Å². The highest BCUT2D eigenvalue weighted by molar-refractivity contribution is 6.74. The van der Waals surface area contributed by atoms with E-state index >= 15 is 0 Å². The third-order valence-corrected chi connectivity index (χ3v) is 27.3. The summed E-state index contributed by atoms with van der Waals surface area (Å²) in [6.07, 6.45) is 33.6. The van der Waals surface area contributed by atoms with Crippen LogP contribution >= 0.6 is 0 Å². The number of carbonyl (C=O) groups is 2. The molecule has 0 bridgehead atoms. The third kappa shape index (κ3) is 53.2. The quantitative estimate of drug-likeness (QED) is 0.154. The number of hydrogen-bond acceptors (Lipinski definition) is 4. The normalized spacial score (nSPS) is 16.2. The number of hydrogen-bond donors (Lipinski definition) is 1. The Kier molecular flexibility index (Phi) is 58.2. The Morgan fingerprint density at radius 2 is 0.730 bits per heavy atom. The van der Waals surface area contributed by atoms with Gasteiger partial charge in [-0.3, -0.25) is 4.79 Å². The summed E-state index contributed by atoms with van der Waals surface area (Å²) < 4.78 is 9.34. The number of unbranched alkanes of at least 4 members (excludes halogenated alkanes) is 1. The Morgan fingerprint density at radius 1 is 0.409 bits per heavy atom. The van der Waals surface area contributed by atoms with Crippen LogP contribution in [0.4, 0.5) is 5.69 Å². The molecule has 1 aromatic heterocycles. The molecule has 5 nitrogen and oxygen atoms in total. The monoisotopic (exact) mass is 1890 g/mol. The molecule has 2 heterocycles. The highest BCUT2D eigenvalue weighted by Crippen LogP contribution is 2.49. The van der Waals surface area contributed by atoms with E-state index in [1.54, 1.807) is 20.5 Å². The molecule has 5 aliphatic carbocycles. The van der Waals surface area contributed by atoms with E-state index in [1.165, 1.54) is 214 Å². The van der Waals surface area contributed by atoms with Crippen LogP contribution in [0.15, 0.2) is 217 Å². The van der Waals surface area contributed by atoms with E-state index in [0.717, 1.165) is 60.4 Å². The number of amides is 1. The van der Waals surface area contributed by atoms with Gasteiger partial charge in [-0.1, -0.05) is 471 Å². The second-order valence-corrected chi connectivity index (χ2v) is 55.3. The second kappa shape index (κ2) is 62.6. The second-order valence-electron chi connectivity index (χ2n) is 49.3. The van der Waals surface area contributed by atoms with Crippen molar-refractivity contribution in [1.29, 1.82) is 0 Å². The van der Waals surface area contributed by atoms with E-state index in [1.807, 2.05) is 50.2 Å². The number of rotatable bonds is 8. The van der Waals surface area contributed by atoms with E-state index in [0.29, 0.717) is 33.0 Å². The van der Waals surface area contributed by atoms with Crippen LogP contribution in [-0.4, -0.2) is 34.0 Å². The standard InChI is InChI=1S/C15H14.C14H14.C14H22.C12H24.C11H22.C10H11NO.2C10H14.C8H16.C7H10O.C7H14.C4H12Si.C4H10.C3H6O.C2H6O/c1-15(2)13-9-5-3-7-11(13)12-8-4-6-10-14(12)15;1-11-3-7-13(8-4-11)14-9-5-12(2)6-10-14;1-13(2,3)11-7-9-12(10-8-11)14(4,5)6;1-11(2,3)10-6-8-12(4,5)9-7-10;1-9(2)10-5-7-11(3,4)8-6-10;1-10(2)7-5-3-4-6-8(7)11-9(10)12;1-3-9-5-7-10(4-2)8-6-9;1-3-9-6-5-7-10(4-2)8-9;1-8(2)6-4-3-5-7-8;1-6(2)7-4-3-5-8-7;1-7(2)5-3-4-6-7;1-5(2,3)4;1-3-4-2;1-3(2)4;1-3-2/h3-10H,1-2H3;3-10H,1-2H3;7-10H,1-6H3;10H,6-9H2,1-5H3;9-10H,5-8H2,1-4H3;3-6H,1-2H3,(H,11,12);2*5-8H,3-4H2,1-2H3;3-7H2,1-2H3;3-6H,1-2H3;3-6H2,1-2H3;1-4H3;3-4H2,1-2H3;1-2H3;1-2H3. The van der Waals surface area contributed by atoms with Crippen LogP contribution in [0.2, 0.25) is 26.2 Å². The number of carbonyl (C=O) groups excluding carboxylic acids is 2.